The van der Waals surface area contributed by atoms with E-state index in [1.54, 1.807) is 38.5 Å². The van der Waals surface area contributed by atoms with Crippen LogP contribution in [0.5, 0.6) is 23.0 Å². The molecular weight excluding hydrogens is 376 g/mol. The second-order valence-corrected chi connectivity index (χ2v) is 6.17. The number of nitrogens with zero attached hydrogens (tertiary/aromatic N) is 3. The van der Waals surface area contributed by atoms with Crippen molar-refractivity contribution in [3.63, 3.8) is 0 Å². The van der Waals surface area contributed by atoms with Gasteiger partial charge in [-0.2, -0.15) is 9.78 Å². The van der Waals surface area contributed by atoms with Crippen molar-refractivity contribution in [3.8, 4) is 23.0 Å². The molecule has 2 aromatic heterocycles. The van der Waals surface area contributed by atoms with Crippen LogP contribution in [0, 0.1) is 0 Å². The first-order valence-corrected chi connectivity index (χ1v) is 8.62. The van der Waals surface area contributed by atoms with E-state index >= 15 is 0 Å². The number of hydrogen-bond acceptors (Lipinski definition) is 7. The molecule has 9 heteroatoms. The van der Waals surface area contributed by atoms with E-state index in [4.69, 9.17) is 14.2 Å². The molecule has 0 fully saturated rings. The molecule has 4 rings (SSSR count). The van der Waals surface area contributed by atoms with Crippen molar-refractivity contribution >= 4 is 28.2 Å². The third-order valence-corrected chi connectivity index (χ3v) is 4.53. The fourth-order valence-electron chi connectivity index (χ4n) is 3.06. The van der Waals surface area contributed by atoms with Gasteiger partial charge >= 0.3 is 0 Å². The maximum Gasteiger partial charge on any atom is 0.298 e. The van der Waals surface area contributed by atoms with Crippen LogP contribution in [0.25, 0.3) is 21.9 Å². The molecule has 0 unspecified atom stereocenters. The molecule has 148 valence electrons. The number of ether oxygens (including phenoxy) is 3. The predicted octanol–water partition coefficient (Wildman–Crippen LogP) is 2.49. The van der Waals surface area contributed by atoms with Crippen LogP contribution in [0.15, 0.2) is 46.6 Å². The fourth-order valence-corrected chi connectivity index (χ4v) is 3.06. The van der Waals surface area contributed by atoms with Gasteiger partial charge in [0.1, 0.15) is 17.4 Å². The Bertz CT molecular complexity index is 1310. The number of phenolic OH excluding ortho intramolecular Hbond substituents is 1. The van der Waals surface area contributed by atoms with Crippen molar-refractivity contribution in [1.82, 2.24) is 14.6 Å². The molecule has 0 saturated heterocycles. The largest absolute Gasteiger partial charge is 0.504 e. The molecule has 2 heterocycles. The summed E-state index contributed by atoms with van der Waals surface area (Å²) in [6.45, 7) is 0. The molecule has 0 spiro atoms. The highest BCUT2D eigenvalue weighted by molar-refractivity contribution is 6.05. The SMILES string of the molecule is COc1cc(/C=N/n2cnc3c([nH]c4cc(OC)c(OC)cc43)c2=O)ccc1O. The molecule has 9 nitrogen and oxygen atoms in total. The Hall–Kier alpha value is -4.01. The molecule has 0 aliphatic rings. The van der Waals surface area contributed by atoms with Crippen molar-refractivity contribution in [2.75, 3.05) is 21.3 Å². The molecule has 0 amide bonds. The molecule has 0 bridgehead atoms. The molecule has 4 aromatic rings. The Morgan fingerprint density at radius 2 is 1.79 bits per heavy atom. The van der Waals surface area contributed by atoms with Crippen molar-refractivity contribution in [1.29, 1.82) is 0 Å². The average molecular weight is 394 g/mol. The Labute approximate surface area is 164 Å². The summed E-state index contributed by atoms with van der Waals surface area (Å²) in [6, 6.07) is 8.28. The van der Waals surface area contributed by atoms with Gasteiger partial charge in [-0.1, -0.05) is 0 Å². The Morgan fingerprint density at radius 1 is 1.07 bits per heavy atom. The third kappa shape index (κ3) is 3.12. The first-order chi connectivity index (χ1) is 14.0. The van der Waals surface area contributed by atoms with Crippen LogP contribution in [-0.2, 0) is 0 Å². The van der Waals surface area contributed by atoms with E-state index in [0.29, 0.717) is 39.4 Å². The number of hydrogen-bond donors (Lipinski definition) is 2. The fraction of sp³-hybridized carbons (Fsp3) is 0.150. The third-order valence-electron chi connectivity index (χ3n) is 4.53. The van der Waals surface area contributed by atoms with Gasteiger partial charge in [0.05, 0.1) is 33.1 Å². The predicted molar refractivity (Wildman–Crippen MR) is 109 cm³/mol. The Kier molecular flexibility index (Phi) is 4.55. The highest BCUT2D eigenvalue weighted by Gasteiger charge is 2.14. The van der Waals surface area contributed by atoms with Crippen LogP contribution in [0.3, 0.4) is 0 Å². The summed E-state index contributed by atoms with van der Waals surface area (Å²) >= 11 is 0. The zero-order chi connectivity index (χ0) is 20.5. The standard InChI is InChI=1S/C20H18N4O5/c1-27-15-6-11(4-5-14(15)25)9-22-24-10-21-18-12-7-16(28-2)17(29-3)8-13(12)23-19(18)20(24)26/h4-10,23,25H,1-3H3/b22-9+. The van der Waals surface area contributed by atoms with E-state index in [2.05, 4.69) is 15.1 Å². The number of aromatic amines is 1. The van der Waals surface area contributed by atoms with Crippen LogP contribution >= 0.6 is 0 Å². The van der Waals surface area contributed by atoms with Crippen LogP contribution in [0.1, 0.15) is 5.56 Å². The number of phenols is 1. The van der Waals surface area contributed by atoms with Gasteiger partial charge in [-0.15, -0.1) is 0 Å². The molecule has 0 radical (unpaired) electrons. The number of aromatic hydroxyl groups is 1. The Balaban J connectivity index is 1.80. The van der Waals surface area contributed by atoms with Crippen LogP contribution in [0.2, 0.25) is 0 Å². The number of benzene rings is 2. The minimum Gasteiger partial charge on any atom is -0.504 e. The molecular formula is C20H18N4O5. The summed E-state index contributed by atoms with van der Waals surface area (Å²) in [5.74, 6) is 1.43. The van der Waals surface area contributed by atoms with Crippen LogP contribution in [-0.4, -0.2) is 47.3 Å². The normalized spacial score (nSPS) is 11.4. The van der Waals surface area contributed by atoms with Gasteiger partial charge in [0, 0.05) is 11.5 Å². The quantitative estimate of drug-likeness (QED) is 0.503. The van der Waals surface area contributed by atoms with Gasteiger partial charge in [0.15, 0.2) is 23.0 Å². The number of rotatable bonds is 5. The maximum absolute atomic E-state index is 12.9. The average Bonchev–Trinajstić information content (AvgIpc) is 3.11. The van der Waals surface area contributed by atoms with Crippen LogP contribution in [0.4, 0.5) is 0 Å². The Morgan fingerprint density at radius 3 is 2.52 bits per heavy atom. The summed E-state index contributed by atoms with van der Waals surface area (Å²) < 4.78 is 16.8. The lowest BCUT2D eigenvalue weighted by molar-refractivity contribution is 0.356. The number of nitrogens with one attached hydrogen (secondary N) is 1. The topological polar surface area (TPSA) is 111 Å². The van der Waals surface area contributed by atoms with Gasteiger partial charge < -0.3 is 24.3 Å². The minimum atomic E-state index is -0.355. The number of aromatic nitrogens is 3. The second-order valence-electron chi connectivity index (χ2n) is 6.17. The first-order valence-electron chi connectivity index (χ1n) is 8.62. The van der Waals surface area contributed by atoms with E-state index in [1.165, 1.54) is 25.7 Å². The lowest BCUT2D eigenvalue weighted by atomic mass is 10.2. The van der Waals surface area contributed by atoms with E-state index in [1.807, 2.05) is 0 Å². The first kappa shape index (κ1) is 18.4. The number of methoxy groups -OCH3 is 3. The summed E-state index contributed by atoms with van der Waals surface area (Å²) in [5.41, 5.74) is 1.83. The monoisotopic (exact) mass is 394 g/mol. The maximum atomic E-state index is 12.9. The van der Waals surface area contributed by atoms with E-state index in [9.17, 15) is 9.90 Å². The van der Waals surface area contributed by atoms with Gasteiger partial charge in [0.2, 0.25) is 0 Å². The van der Waals surface area contributed by atoms with Gasteiger partial charge in [-0.05, 0) is 29.8 Å². The molecule has 2 N–H and O–H groups in total. The van der Waals surface area contributed by atoms with Crippen molar-refractivity contribution in [2.24, 2.45) is 5.10 Å². The zero-order valence-corrected chi connectivity index (χ0v) is 16.0. The van der Waals surface area contributed by atoms with Gasteiger partial charge in [0.25, 0.3) is 5.56 Å². The van der Waals surface area contributed by atoms with Gasteiger partial charge in [-0.3, -0.25) is 4.79 Å². The van der Waals surface area contributed by atoms with Crippen LogP contribution < -0.4 is 19.8 Å². The summed E-state index contributed by atoms with van der Waals surface area (Å²) in [4.78, 5) is 20.3. The van der Waals surface area contributed by atoms with E-state index < -0.39 is 0 Å². The molecule has 0 atom stereocenters. The highest BCUT2D eigenvalue weighted by Crippen LogP contribution is 2.34. The highest BCUT2D eigenvalue weighted by atomic mass is 16.5. The van der Waals surface area contributed by atoms with Gasteiger partial charge in [-0.25, -0.2) is 4.98 Å². The smallest absolute Gasteiger partial charge is 0.298 e. The number of fused-ring (bicyclic) bond motifs is 3. The summed E-state index contributed by atoms with van der Waals surface area (Å²) in [7, 11) is 4.55. The van der Waals surface area contributed by atoms with Crippen molar-refractivity contribution in [3.05, 3.63) is 52.6 Å². The van der Waals surface area contributed by atoms with E-state index in [-0.39, 0.29) is 11.3 Å². The minimum absolute atomic E-state index is 0.0221. The molecule has 0 saturated carbocycles. The van der Waals surface area contributed by atoms with Crippen molar-refractivity contribution < 1.29 is 19.3 Å². The lowest BCUT2D eigenvalue weighted by Gasteiger charge is -2.06. The molecule has 29 heavy (non-hydrogen) atoms. The molecule has 0 aliphatic carbocycles. The molecule has 0 aliphatic heterocycles. The lowest BCUT2D eigenvalue weighted by Crippen LogP contribution is -2.17. The van der Waals surface area contributed by atoms with Crippen molar-refractivity contribution in [2.45, 2.75) is 0 Å². The molecule has 2 aromatic carbocycles. The number of H-pyrrole nitrogens is 1. The second kappa shape index (κ2) is 7.19. The zero-order valence-electron chi connectivity index (χ0n) is 16.0. The summed E-state index contributed by atoms with van der Waals surface area (Å²) in [6.07, 6.45) is 2.83. The van der Waals surface area contributed by atoms with E-state index in [0.717, 1.165) is 10.1 Å². The summed E-state index contributed by atoms with van der Waals surface area (Å²) in [5, 5.41) is 14.6.